The fraction of sp³-hybridized carbons (Fsp3) is 0.500. The van der Waals surface area contributed by atoms with E-state index in [2.05, 4.69) is 21.9 Å². The Balaban J connectivity index is 2.91. The molecular weight excluding hydrogens is 259 g/mol. The number of nitrogens with zero attached hydrogens (tertiary/aromatic N) is 2. The first-order valence-corrected chi connectivity index (χ1v) is 5.91. The zero-order valence-electron chi connectivity index (χ0n) is 10.6. The van der Waals surface area contributed by atoms with Crippen LogP contribution in [0, 0.1) is 0 Å². The number of halogens is 3. The first-order chi connectivity index (χ1) is 8.97. The van der Waals surface area contributed by atoms with Gasteiger partial charge in [-0.15, -0.1) is 6.58 Å². The SMILES string of the molecule is C=CCCOc1cc(NCCC)nc(C(F)(F)F)n1. The van der Waals surface area contributed by atoms with Gasteiger partial charge in [-0.05, 0) is 12.8 Å². The molecule has 1 aromatic heterocycles. The van der Waals surface area contributed by atoms with Crippen LogP contribution >= 0.6 is 0 Å². The molecule has 0 aliphatic rings. The van der Waals surface area contributed by atoms with Crippen molar-refractivity contribution >= 4 is 5.82 Å². The Hall–Kier alpha value is -1.79. The average molecular weight is 275 g/mol. The maximum atomic E-state index is 12.6. The van der Waals surface area contributed by atoms with E-state index in [9.17, 15) is 13.2 Å². The lowest BCUT2D eigenvalue weighted by Gasteiger charge is -2.11. The second-order valence-corrected chi connectivity index (χ2v) is 3.77. The molecule has 0 saturated heterocycles. The predicted octanol–water partition coefficient (Wildman–Crippen LogP) is 3.27. The molecule has 0 spiro atoms. The summed E-state index contributed by atoms with van der Waals surface area (Å²) in [5.41, 5.74) is 0. The highest BCUT2D eigenvalue weighted by molar-refractivity contribution is 5.38. The molecule has 4 nitrogen and oxygen atoms in total. The fourth-order valence-electron chi connectivity index (χ4n) is 1.22. The Labute approximate surface area is 109 Å². The Morgan fingerprint density at radius 3 is 2.74 bits per heavy atom. The average Bonchev–Trinajstić information content (AvgIpc) is 2.35. The maximum absolute atomic E-state index is 12.6. The van der Waals surface area contributed by atoms with E-state index in [-0.39, 0.29) is 18.3 Å². The first-order valence-electron chi connectivity index (χ1n) is 5.91. The number of anilines is 1. The van der Waals surface area contributed by atoms with E-state index in [4.69, 9.17) is 4.74 Å². The molecular formula is C12H16F3N3O. The van der Waals surface area contributed by atoms with Crippen LogP contribution in [0.5, 0.6) is 5.88 Å². The summed E-state index contributed by atoms with van der Waals surface area (Å²) in [5.74, 6) is -1.19. The standard InChI is InChI=1S/C12H16F3N3O/c1-3-5-7-19-10-8-9(16-6-4-2)17-11(18-10)12(13,14)15/h3,8H,1,4-7H2,2H3,(H,16,17,18). The van der Waals surface area contributed by atoms with Crippen LogP contribution in [-0.4, -0.2) is 23.1 Å². The lowest BCUT2D eigenvalue weighted by molar-refractivity contribution is -0.145. The zero-order valence-corrected chi connectivity index (χ0v) is 10.6. The highest BCUT2D eigenvalue weighted by Gasteiger charge is 2.35. The molecule has 0 aliphatic heterocycles. The number of nitrogens with one attached hydrogen (secondary N) is 1. The molecule has 0 unspecified atom stereocenters. The fourth-order valence-corrected chi connectivity index (χ4v) is 1.22. The smallest absolute Gasteiger partial charge is 0.451 e. The van der Waals surface area contributed by atoms with E-state index in [1.165, 1.54) is 6.07 Å². The summed E-state index contributed by atoms with van der Waals surface area (Å²) in [6.07, 6.45) is -1.68. The monoisotopic (exact) mass is 275 g/mol. The minimum atomic E-state index is -4.60. The van der Waals surface area contributed by atoms with Crippen molar-refractivity contribution in [3.63, 3.8) is 0 Å². The molecule has 1 rings (SSSR count). The van der Waals surface area contributed by atoms with Gasteiger partial charge in [-0.1, -0.05) is 13.0 Å². The number of hydrogen-bond donors (Lipinski definition) is 1. The van der Waals surface area contributed by atoms with E-state index in [0.717, 1.165) is 6.42 Å². The lowest BCUT2D eigenvalue weighted by Crippen LogP contribution is -2.14. The third-order valence-corrected chi connectivity index (χ3v) is 2.08. The molecule has 0 saturated carbocycles. The van der Waals surface area contributed by atoms with Gasteiger partial charge < -0.3 is 10.1 Å². The van der Waals surface area contributed by atoms with Crippen molar-refractivity contribution in [2.24, 2.45) is 0 Å². The van der Waals surface area contributed by atoms with Crippen molar-refractivity contribution in [3.8, 4) is 5.88 Å². The van der Waals surface area contributed by atoms with Crippen molar-refractivity contribution in [2.45, 2.75) is 25.9 Å². The number of aromatic nitrogens is 2. The predicted molar refractivity (Wildman–Crippen MR) is 66.1 cm³/mol. The number of rotatable bonds is 7. The highest BCUT2D eigenvalue weighted by Crippen LogP contribution is 2.28. The van der Waals surface area contributed by atoms with Crippen molar-refractivity contribution in [1.82, 2.24) is 9.97 Å². The van der Waals surface area contributed by atoms with Gasteiger partial charge in [-0.3, -0.25) is 0 Å². The van der Waals surface area contributed by atoms with Crippen molar-refractivity contribution in [2.75, 3.05) is 18.5 Å². The van der Waals surface area contributed by atoms with Crippen LogP contribution in [0.15, 0.2) is 18.7 Å². The summed E-state index contributed by atoms with van der Waals surface area (Å²) in [4.78, 5) is 6.77. The van der Waals surface area contributed by atoms with Gasteiger partial charge in [0.25, 0.3) is 0 Å². The van der Waals surface area contributed by atoms with Crippen molar-refractivity contribution in [3.05, 3.63) is 24.5 Å². The van der Waals surface area contributed by atoms with E-state index in [1.54, 1.807) is 6.08 Å². The van der Waals surface area contributed by atoms with E-state index < -0.39 is 12.0 Å². The molecule has 106 valence electrons. The maximum Gasteiger partial charge on any atom is 0.451 e. The highest BCUT2D eigenvalue weighted by atomic mass is 19.4. The minimum Gasteiger partial charge on any atom is -0.477 e. The first kappa shape index (κ1) is 15.3. The molecule has 0 aliphatic carbocycles. The van der Waals surface area contributed by atoms with Gasteiger partial charge in [0.1, 0.15) is 5.82 Å². The van der Waals surface area contributed by atoms with Crippen molar-refractivity contribution < 1.29 is 17.9 Å². The second kappa shape index (κ2) is 6.96. The largest absolute Gasteiger partial charge is 0.477 e. The molecule has 0 radical (unpaired) electrons. The molecule has 1 heterocycles. The van der Waals surface area contributed by atoms with E-state index in [1.807, 2.05) is 6.92 Å². The van der Waals surface area contributed by atoms with Crippen LogP contribution < -0.4 is 10.1 Å². The lowest BCUT2D eigenvalue weighted by atomic mass is 10.4. The van der Waals surface area contributed by atoms with Crippen LogP contribution in [0.25, 0.3) is 0 Å². The number of hydrogen-bond acceptors (Lipinski definition) is 4. The minimum absolute atomic E-state index is 0.0946. The summed E-state index contributed by atoms with van der Waals surface area (Å²) in [7, 11) is 0. The van der Waals surface area contributed by atoms with Gasteiger partial charge in [0.2, 0.25) is 11.7 Å². The Bertz CT molecular complexity index is 421. The Kier molecular flexibility index (Phi) is 5.59. The summed E-state index contributed by atoms with van der Waals surface area (Å²) in [6.45, 7) is 6.16. The Morgan fingerprint density at radius 2 is 2.16 bits per heavy atom. The van der Waals surface area contributed by atoms with Gasteiger partial charge in [0.15, 0.2) is 0 Å². The normalized spacial score (nSPS) is 11.2. The van der Waals surface area contributed by atoms with E-state index in [0.29, 0.717) is 13.0 Å². The third kappa shape index (κ3) is 5.15. The van der Waals surface area contributed by atoms with Crippen LogP contribution in [-0.2, 0) is 6.18 Å². The second-order valence-electron chi connectivity index (χ2n) is 3.77. The Morgan fingerprint density at radius 1 is 1.42 bits per heavy atom. The molecule has 1 N–H and O–H groups in total. The summed E-state index contributed by atoms with van der Waals surface area (Å²) < 4.78 is 43.0. The molecule has 19 heavy (non-hydrogen) atoms. The summed E-state index contributed by atoms with van der Waals surface area (Å²) in [5, 5.41) is 2.79. The van der Waals surface area contributed by atoms with Gasteiger partial charge >= 0.3 is 6.18 Å². The van der Waals surface area contributed by atoms with Crippen LogP contribution in [0.3, 0.4) is 0 Å². The molecule has 0 aromatic carbocycles. The molecule has 0 amide bonds. The molecule has 1 aromatic rings. The van der Waals surface area contributed by atoms with Crippen molar-refractivity contribution in [1.29, 1.82) is 0 Å². The van der Waals surface area contributed by atoms with Gasteiger partial charge in [0.05, 0.1) is 6.61 Å². The molecule has 0 bridgehead atoms. The number of alkyl halides is 3. The molecule has 0 atom stereocenters. The molecule has 0 fully saturated rings. The van der Waals surface area contributed by atoms with Crippen LogP contribution in [0.4, 0.5) is 19.0 Å². The van der Waals surface area contributed by atoms with Crippen LogP contribution in [0.2, 0.25) is 0 Å². The van der Waals surface area contributed by atoms with Crippen LogP contribution in [0.1, 0.15) is 25.6 Å². The zero-order chi connectivity index (χ0) is 14.3. The van der Waals surface area contributed by atoms with E-state index >= 15 is 0 Å². The molecule has 7 heteroatoms. The summed E-state index contributed by atoms with van der Waals surface area (Å²) in [6, 6.07) is 1.36. The van der Waals surface area contributed by atoms with Gasteiger partial charge in [0, 0.05) is 12.6 Å². The quantitative estimate of drug-likeness (QED) is 0.613. The van der Waals surface area contributed by atoms with Gasteiger partial charge in [-0.25, -0.2) is 4.98 Å². The topological polar surface area (TPSA) is 47.0 Å². The number of ether oxygens (including phenoxy) is 1. The summed E-state index contributed by atoms with van der Waals surface area (Å²) >= 11 is 0. The van der Waals surface area contributed by atoms with Gasteiger partial charge in [-0.2, -0.15) is 18.2 Å². The third-order valence-electron chi connectivity index (χ3n) is 2.08.